The second kappa shape index (κ2) is 5.22. The number of ether oxygens (including phenoxy) is 1. The Balaban J connectivity index is 1.67. The fraction of sp³-hybridized carbons (Fsp3) is 0.250. The summed E-state index contributed by atoms with van der Waals surface area (Å²) in [6, 6.07) is 9.68. The summed E-state index contributed by atoms with van der Waals surface area (Å²) in [6.07, 6.45) is 5.85. The van der Waals surface area contributed by atoms with Gasteiger partial charge in [-0.25, -0.2) is 0 Å². The number of fused-ring (bicyclic) bond motifs is 1. The van der Waals surface area contributed by atoms with Crippen LogP contribution in [0.3, 0.4) is 0 Å². The van der Waals surface area contributed by atoms with Crippen LogP contribution in [0.2, 0.25) is 0 Å². The third-order valence-electron chi connectivity index (χ3n) is 3.41. The highest BCUT2D eigenvalue weighted by Gasteiger charge is 2.22. The van der Waals surface area contributed by atoms with E-state index in [9.17, 15) is 4.79 Å². The first-order valence-electron chi connectivity index (χ1n) is 6.51. The monoisotopic (exact) mass is 253 g/mol. The molecule has 0 bridgehead atoms. The van der Waals surface area contributed by atoms with Gasteiger partial charge in [-0.1, -0.05) is 18.2 Å². The van der Waals surface area contributed by atoms with Crippen LogP contribution >= 0.6 is 0 Å². The smallest absolute Gasteiger partial charge is 0.163 e. The van der Waals surface area contributed by atoms with E-state index in [1.165, 1.54) is 0 Å². The van der Waals surface area contributed by atoms with Gasteiger partial charge in [0.25, 0.3) is 0 Å². The van der Waals surface area contributed by atoms with Crippen LogP contribution in [0.5, 0.6) is 5.75 Å². The van der Waals surface area contributed by atoms with Crippen molar-refractivity contribution in [3.8, 4) is 5.75 Å². The Morgan fingerprint density at radius 3 is 2.95 bits per heavy atom. The molecule has 1 aliphatic carbocycles. The molecule has 1 aromatic heterocycles. The predicted molar refractivity (Wildman–Crippen MR) is 72.5 cm³/mol. The molecule has 1 aliphatic rings. The minimum atomic E-state index is 0.229. The highest BCUT2D eigenvalue weighted by Crippen LogP contribution is 2.30. The van der Waals surface area contributed by atoms with E-state index >= 15 is 0 Å². The summed E-state index contributed by atoms with van der Waals surface area (Å²) in [5.41, 5.74) is 3.06. The van der Waals surface area contributed by atoms with Gasteiger partial charge in [0.05, 0.1) is 6.61 Å². The van der Waals surface area contributed by atoms with Crippen LogP contribution in [0.4, 0.5) is 0 Å². The van der Waals surface area contributed by atoms with Crippen LogP contribution in [0, 0.1) is 0 Å². The molecule has 0 atom stereocenters. The molecule has 0 saturated carbocycles. The van der Waals surface area contributed by atoms with E-state index in [2.05, 4.69) is 4.98 Å². The number of aromatic nitrogens is 1. The van der Waals surface area contributed by atoms with Gasteiger partial charge in [-0.15, -0.1) is 0 Å². The van der Waals surface area contributed by atoms with E-state index in [1.54, 1.807) is 6.20 Å². The Kier molecular flexibility index (Phi) is 3.27. The largest absolute Gasteiger partial charge is 0.493 e. The third-order valence-corrected chi connectivity index (χ3v) is 3.41. The molecule has 0 fully saturated rings. The third kappa shape index (κ3) is 2.50. The first-order chi connectivity index (χ1) is 9.34. The molecule has 0 aliphatic heterocycles. The zero-order valence-electron chi connectivity index (χ0n) is 10.6. The number of carbonyl (C=O) groups is 1. The van der Waals surface area contributed by atoms with Gasteiger partial charge in [0, 0.05) is 36.4 Å². The van der Waals surface area contributed by atoms with Gasteiger partial charge < -0.3 is 4.74 Å². The molecular weight excluding hydrogens is 238 g/mol. The van der Waals surface area contributed by atoms with Crippen molar-refractivity contribution in [1.82, 2.24) is 4.98 Å². The number of carbonyl (C=O) groups excluding carboxylic acids is 1. The van der Waals surface area contributed by atoms with Crippen molar-refractivity contribution in [1.29, 1.82) is 0 Å². The number of benzene rings is 1. The number of hydrogen-bond donors (Lipinski definition) is 0. The molecule has 19 heavy (non-hydrogen) atoms. The van der Waals surface area contributed by atoms with Gasteiger partial charge in [-0.05, 0) is 24.1 Å². The van der Waals surface area contributed by atoms with Gasteiger partial charge >= 0.3 is 0 Å². The van der Waals surface area contributed by atoms with Crippen LogP contribution in [0.1, 0.15) is 27.9 Å². The van der Waals surface area contributed by atoms with Crippen molar-refractivity contribution in [2.24, 2.45) is 0 Å². The van der Waals surface area contributed by atoms with E-state index in [0.29, 0.717) is 13.0 Å². The van der Waals surface area contributed by atoms with E-state index in [-0.39, 0.29) is 5.78 Å². The van der Waals surface area contributed by atoms with Gasteiger partial charge in [-0.2, -0.15) is 0 Å². The lowest BCUT2D eigenvalue weighted by molar-refractivity contribution is 0.0994. The summed E-state index contributed by atoms with van der Waals surface area (Å²) < 4.78 is 5.82. The lowest BCUT2D eigenvalue weighted by Crippen LogP contribution is -2.03. The van der Waals surface area contributed by atoms with Gasteiger partial charge in [0.1, 0.15) is 5.75 Å². The quantitative estimate of drug-likeness (QED) is 0.841. The topological polar surface area (TPSA) is 39.2 Å². The molecule has 0 amide bonds. The number of rotatable bonds is 4. The summed E-state index contributed by atoms with van der Waals surface area (Å²) >= 11 is 0. The van der Waals surface area contributed by atoms with E-state index in [4.69, 9.17) is 4.74 Å². The van der Waals surface area contributed by atoms with Crippen molar-refractivity contribution in [3.05, 3.63) is 59.4 Å². The van der Waals surface area contributed by atoms with Crippen LogP contribution < -0.4 is 4.74 Å². The standard InChI is InChI=1S/C16H15NO2/c18-15-7-6-14-13(15)4-1-5-16(14)19-10-8-12-3-2-9-17-11-12/h1-5,9,11H,6-8,10H2. The average Bonchev–Trinajstić information content (AvgIpc) is 2.83. The van der Waals surface area contributed by atoms with Gasteiger partial charge in [0.15, 0.2) is 5.78 Å². The first kappa shape index (κ1) is 11.9. The Labute approximate surface area is 112 Å². The van der Waals surface area contributed by atoms with Crippen LogP contribution in [0.15, 0.2) is 42.7 Å². The maximum atomic E-state index is 11.6. The van der Waals surface area contributed by atoms with Crippen molar-refractivity contribution < 1.29 is 9.53 Å². The molecule has 1 heterocycles. The molecule has 0 saturated heterocycles. The van der Waals surface area contributed by atoms with E-state index < -0.39 is 0 Å². The first-order valence-corrected chi connectivity index (χ1v) is 6.51. The van der Waals surface area contributed by atoms with Crippen molar-refractivity contribution in [3.63, 3.8) is 0 Å². The summed E-state index contributed by atoms with van der Waals surface area (Å²) in [7, 11) is 0. The second-order valence-corrected chi connectivity index (χ2v) is 4.67. The summed E-state index contributed by atoms with van der Waals surface area (Å²) in [5.74, 6) is 1.08. The number of nitrogens with zero attached hydrogens (tertiary/aromatic N) is 1. The maximum absolute atomic E-state index is 11.6. The molecule has 0 N–H and O–H groups in total. The predicted octanol–water partition coefficient (Wildman–Crippen LogP) is 2.83. The summed E-state index contributed by atoms with van der Waals surface area (Å²) in [4.78, 5) is 15.7. The highest BCUT2D eigenvalue weighted by atomic mass is 16.5. The molecule has 2 aromatic rings. The molecule has 0 radical (unpaired) electrons. The van der Waals surface area contributed by atoms with Crippen molar-refractivity contribution >= 4 is 5.78 Å². The molecule has 1 aromatic carbocycles. The zero-order valence-corrected chi connectivity index (χ0v) is 10.6. The highest BCUT2D eigenvalue weighted by molar-refractivity contribution is 6.01. The average molecular weight is 253 g/mol. The summed E-state index contributed by atoms with van der Waals surface area (Å²) in [6.45, 7) is 0.607. The molecule has 3 heteroatoms. The fourth-order valence-electron chi connectivity index (χ4n) is 2.42. The Morgan fingerprint density at radius 2 is 2.11 bits per heavy atom. The van der Waals surface area contributed by atoms with E-state index in [0.717, 1.165) is 35.3 Å². The number of ketones is 1. The van der Waals surface area contributed by atoms with Gasteiger partial charge in [0.2, 0.25) is 0 Å². The Bertz CT molecular complexity index is 593. The zero-order chi connectivity index (χ0) is 13.1. The number of pyridine rings is 1. The number of hydrogen-bond acceptors (Lipinski definition) is 3. The molecule has 3 nitrogen and oxygen atoms in total. The lowest BCUT2D eigenvalue weighted by atomic mass is 10.1. The normalized spacial score (nSPS) is 13.4. The number of Topliss-reactive ketones (excluding diaryl/α,β-unsaturated/α-hetero) is 1. The van der Waals surface area contributed by atoms with Gasteiger partial charge in [-0.3, -0.25) is 9.78 Å². The van der Waals surface area contributed by atoms with Crippen LogP contribution in [-0.4, -0.2) is 17.4 Å². The van der Waals surface area contributed by atoms with Crippen molar-refractivity contribution in [2.45, 2.75) is 19.3 Å². The Hall–Kier alpha value is -2.16. The minimum Gasteiger partial charge on any atom is -0.493 e. The Morgan fingerprint density at radius 1 is 1.16 bits per heavy atom. The van der Waals surface area contributed by atoms with Crippen molar-refractivity contribution in [2.75, 3.05) is 6.61 Å². The summed E-state index contributed by atoms with van der Waals surface area (Å²) in [5, 5.41) is 0. The lowest BCUT2D eigenvalue weighted by Gasteiger charge is -2.10. The minimum absolute atomic E-state index is 0.229. The van der Waals surface area contributed by atoms with Crippen LogP contribution in [-0.2, 0) is 12.8 Å². The molecular formula is C16H15NO2. The SMILES string of the molecule is O=C1CCc2c(OCCc3cccnc3)cccc21. The fourth-order valence-corrected chi connectivity index (χ4v) is 2.42. The molecule has 0 spiro atoms. The molecule has 96 valence electrons. The second-order valence-electron chi connectivity index (χ2n) is 4.67. The molecule has 3 rings (SSSR count). The molecule has 0 unspecified atom stereocenters. The maximum Gasteiger partial charge on any atom is 0.163 e. The van der Waals surface area contributed by atoms with E-state index in [1.807, 2.05) is 36.5 Å². The van der Waals surface area contributed by atoms with Crippen LogP contribution in [0.25, 0.3) is 0 Å².